The van der Waals surface area contributed by atoms with Crippen LogP contribution in [0.25, 0.3) is 0 Å². The van der Waals surface area contributed by atoms with Gasteiger partial charge in [0.25, 0.3) is 0 Å². The summed E-state index contributed by atoms with van der Waals surface area (Å²) in [6.07, 6.45) is 2.97. The molecule has 0 fully saturated rings. The molecule has 4 heteroatoms. The second-order valence-corrected chi connectivity index (χ2v) is 5.39. The molecule has 92 valence electrons. The van der Waals surface area contributed by atoms with Crippen molar-refractivity contribution in [2.45, 2.75) is 31.3 Å². The molecule has 0 aliphatic heterocycles. The minimum absolute atomic E-state index is 0.503. The first-order valence-corrected chi connectivity index (χ1v) is 6.54. The number of benzene rings is 1. The molecule has 0 unspecified atom stereocenters. The first-order valence-electron chi connectivity index (χ1n) is 5.32. The fraction of sp³-hybridized carbons (Fsp3) is 0.385. The van der Waals surface area contributed by atoms with Crippen molar-refractivity contribution >= 4 is 24.1 Å². The van der Waals surface area contributed by atoms with Crippen LogP contribution in [0.4, 0.5) is 4.79 Å². The van der Waals surface area contributed by atoms with Crippen molar-refractivity contribution in [1.82, 2.24) is 0 Å². The minimum Gasteiger partial charge on any atom is -0.442 e. The monoisotopic (exact) mass is 251 g/mol. The van der Waals surface area contributed by atoms with Gasteiger partial charge < -0.3 is 4.74 Å². The highest BCUT2D eigenvalue weighted by atomic mass is 32.2. The molecule has 1 aromatic carbocycles. The summed E-state index contributed by atoms with van der Waals surface area (Å²) in [4.78, 5) is 16.3. The van der Waals surface area contributed by atoms with Crippen molar-refractivity contribution < 1.29 is 9.53 Å². The van der Waals surface area contributed by atoms with Crippen molar-refractivity contribution in [3.8, 4) is 0 Å². The SMILES string of the molecule is CSc1ccc(/C=N/C(=O)OC(C)(C)C)cc1. The first-order chi connectivity index (χ1) is 7.90. The van der Waals surface area contributed by atoms with E-state index in [1.54, 1.807) is 11.8 Å². The van der Waals surface area contributed by atoms with E-state index in [-0.39, 0.29) is 0 Å². The number of aliphatic imine (C=N–C) groups is 1. The smallest absolute Gasteiger partial charge is 0.434 e. The molecule has 0 spiro atoms. The van der Waals surface area contributed by atoms with Crippen LogP contribution in [-0.4, -0.2) is 24.2 Å². The van der Waals surface area contributed by atoms with Crippen LogP contribution in [0.2, 0.25) is 0 Å². The molecule has 0 aromatic heterocycles. The molecule has 0 atom stereocenters. The Morgan fingerprint density at radius 3 is 2.35 bits per heavy atom. The number of carbonyl (C=O) groups excluding carboxylic acids is 1. The Balaban J connectivity index is 2.61. The summed E-state index contributed by atoms with van der Waals surface area (Å²) in [6, 6.07) is 7.81. The van der Waals surface area contributed by atoms with E-state index in [1.807, 2.05) is 51.3 Å². The van der Waals surface area contributed by atoms with E-state index in [1.165, 1.54) is 11.1 Å². The number of rotatable bonds is 2. The number of ether oxygens (including phenoxy) is 1. The van der Waals surface area contributed by atoms with Crippen molar-refractivity contribution in [3.63, 3.8) is 0 Å². The maximum Gasteiger partial charge on any atom is 0.434 e. The van der Waals surface area contributed by atoms with Gasteiger partial charge in [0, 0.05) is 11.1 Å². The standard InChI is InChI=1S/C13H17NO2S/c1-13(2,3)16-12(15)14-9-10-5-7-11(17-4)8-6-10/h5-9H,1-4H3/b14-9+. The third kappa shape index (κ3) is 5.54. The van der Waals surface area contributed by atoms with Crippen LogP contribution in [0.15, 0.2) is 34.2 Å². The summed E-state index contributed by atoms with van der Waals surface area (Å²) in [6.45, 7) is 5.44. The van der Waals surface area contributed by atoms with Crippen LogP contribution >= 0.6 is 11.8 Å². The van der Waals surface area contributed by atoms with Crippen LogP contribution in [-0.2, 0) is 4.74 Å². The third-order valence-corrected chi connectivity index (χ3v) is 2.57. The molecule has 1 aromatic rings. The molecule has 3 nitrogen and oxygen atoms in total. The largest absolute Gasteiger partial charge is 0.442 e. The van der Waals surface area contributed by atoms with Crippen molar-refractivity contribution in [2.75, 3.05) is 6.26 Å². The Morgan fingerprint density at radius 1 is 1.29 bits per heavy atom. The summed E-state index contributed by atoms with van der Waals surface area (Å²) < 4.78 is 5.06. The van der Waals surface area contributed by atoms with Crippen LogP contribution in [0.1, 0.15) is 26.3 Å². The van der Waals surface area contributed by atoms with Crippen LogP contribution in [0, 0.1) is 0 Å². The second-order valence-electron chi connectivity index (χ2n) is 4.51. The predicted octanol–water partition coefficient (Wildman–Crippen LogP) is 3.76. The molecule has 1 rings (SSSR count). The number of carbonyl (C=O) groups is 1. The summed E-state index contributed by atoms with van der Waals surface area (Å²) in [5.41, 5.74) is 0.380. The molecule has 0 saturated heterocycles. The first kappa shape index (κ1) is 13.8. The van der Waals surface area contributed by atoms with Gasteiger partial charge in [-0.15, -0.1) is 11.8 Å². The molecule has 0 aliphatic rings. The van der Waals surface area contributed by atoms with Gasteiger partial charge in [-0.05, 0) is 44.7 Å². The van der Waals surface area contributed by atoms with Gasteiger partial charge in [0.15, 0.2) is 0 Å². The van der Waals surface area contributed by atoms with Crippen molar-refractivity contribution in [1.29, 1.82) is 0 Å². The van der Waals surface area contributed by atoms with E-state index in [2.05, 4.69) is 4.99 Å². The van der Waals surface area contributed by atoms with E-state index >= 15 is 0 Å². The lowest BCUT2D eigenvalue weighted by Gasteiger charge is -2.17. The minimum atomic E-state index is -0.563. The van der Waals surface area contributed by atoms with Gasteiger partial charge >= 0.3 is 6.09 Å². The van der Waals surface area contributed by atoms with Gasteiger partial charge in [-0.1, -0.05) is 12.1 Å². The van der Waals surface area contributed by atoms with E-state index < -0.39 is 11.7 Å². The van der Waals surface area contributed by atoms with Crippen LogP contribution in [0.5, 0.6) is 0 Å². The molecule has 0 heterocycles. The number of nitrogens with zero attached hydrogens (tertiary/aromatic N) is 1. The van der Waals surface area contributed by atoms with E-state index in [4.69, 9.17) is 4.74 Å². The molecule has 0 radical (unpaired) electrons. The summed E-state index contributed by atoms with van der Waals surface area (Å²) in [5.74, 6) is 0. The molecular formula is C13H17NO2S. The van der Waals surface area contributed by atoms with Crippen LogP contribution < -0.4 is 0 Å². The highest BCUT2D eigenvalue weighted by Crippen LogP contribution is 2.14. The molecular weight excluding hydrogens is 234 g/mol. The van der Waals surface area contributed by atoms with E-state index in [0.29, 0.717) is 0 Å². The average molecular weight is 251 g/mol. The molecule has 17 heavy (non-hydrogen) atoms. The zero-order valence-electron chi connectivity index (χ0n) is 10.6. The normalized spacial score (nSPS) is 11.8. The molecule has 1 amide bonds. The van der Waals surface area contributed by atoms with Crippen molar-refractivity contribution in [3.05, 3.63) is 29.8 Å². The maximum atomic E-state index is 11.3. The van der Waals surface area contributed by atoms with Gasteiger partial charge in [-0.3, -0.25) is 0 Å². The zero-order valence-corrected chi connectivity index (χ0v) is 11.4. The lowest BCUT2D eigenvalue weighted by molar-refractivity contribution is 0.0605. The maximum absolute atomic E-state index is 11.3. The van der Waals surface area contributed by atoms with Gasteiger partial charge in [0.05, 0.1) is 0 Å². The van der Waals surface area contributed by atoms with Gasteiger partial charge in [0.2, 0.25) is 0 Å². The fourth-order valence-electron chi connectivity index (χ4n) is 1.11. The van der Waals surface area contributed by atoms with E-state index in [0.717, 1.165) is 5.56 Å². The Kier molecular flexibility index (Phi) is 4.75. The Labute approximate surface area is 106 Å². The highest BCUT2D eigenvalue weighted by Gasteiger charge is 2.14. The molecule has 0 saturated carbocycles. The summed E-state index contributed by atoms with van der Waals surface area (Å²) >= 11 is 1.67. The lowest BCUT2D eigenvalue weighted by atomic mass is 10.2. The zero-order chi connectivity index (χ0) is 12.9. The van der Waals surface area contributed by atoms with Gasteiger partial charge in [-0.25, -0.2) is 4.79 Å². The molecule has 0 N–H and O–H groups in total. The Hall–Kier alpha value is -1.29. The predicted molar refractivity (Wildman–Crippen MR) is 72.1 cm³/mol. The average Bonchev–Trinajstić information content (AvgIpc) is 2.25. The number of hydrogen-bond donors (Lipinski definition) is 0. The topological polar surface area (TPSA) is 38.7 Å². The third-order valence-electron chi connectivity index (χ3n) is 1.83. The van der Waals surface area contributed by atoms with Gasteiger partial charge in [0.1, 0.15) is 5.60 Å². The number of hydrogen-bond acceptors (Lipinski definition) is 3. The van der Waals surface area contributed by atoms with Gasteiger partial charge in [-0.2, -0.15) is 4.99 Å². The molecule has 0 aliphatic carbocycles. The summed E-state index contributed by atoms with van der Waals surface area (Å²) in [7, 11) is 0. The van der Waals surface area contributed by atoms with Crippen LogP contribution in [0.3, 0.4) is 0 Å². The summed E-state index contributed by atoms with van der Waals surface area (Å²) in [5, 5.41) is 0. The number of thioether (sulfide) groups is 1. The molecule has 0 bridgehead atoms. The van der Waals surface area contributed by atoms with Crippen molar-refractivity contribution in [2.24, 2.45) is 4.99 Å². The Bertz CT molecular complexity index is 404. The van der Waals surface area contributed by atoms with E-state index in [9.17, 15) is 4.79 Å². The quantitative estimate of drug-likeness (QED) is 0.593. The Morgan fingerprint density at radius 2 is 1.88 bits per heavy atom. The lowest BCUT2D eigenvalue weighted by Crippen LogP contribution is -2.21. The second kappa shape index (κ2) is 5.87. The number of amides is 1. The fourth-order valence-corrected chi connectivity index (χ4v) is 1.51. The highest BCUT2D eigenvalue weighted by molar-refractivity contribution is 7.98.